The predicted octanol–water partition coefficient (Wildman–Crippen LogP) is 8.03. The first-order valence-corrected chi connectivity index (χ1v) is 15.3. The normalized spacial score (nSPS) is 19.0. The van der Waals surface area contributed by atoms with Crippen LogP contribution in [0, 0.1) is 0 Å². The van der Waals surface area contributed by atoms with Gasteiger partial charge in [0.05, 0.1) is 17.7 Å². The first-order chi connectivity index (χ1) is 21.1. The van der Waals surface area contributed by atoms with E-state index in [9.17, 15) is 9.59 Å². The molecule has 0 saturated carbocycles. The molecule has 0 aromatic heterocycles. The van der Waals surface area contributed by atoms with E-state index in [1.54, 1.807) is 17.0 Å². The molecule has 0 bridgehead atoms. The second kappa shape index (κ2) is 11.1. The van der Waals surface area contributed by atoms with Crippen LogP contribution in [-0.4, -0.2) is 28.2 Å². The number of methoxy groups -OCH3 is 1. The van der Waals surface area contributed by atoms with Crippen molar-refractivity contribution in [2.24, 2.45) is 5.10 Å². The van der Waals surface area contributed by atoms with E-state index in [4.69, 9.17) is 9.84 Å². The molecule has 2 aliphatic rings. The maximum Gasteiger partial charge on any atom is 0.268 e. The molecular formula is C35H25N3O3S2. The fraction of sp³-hybridized carbons (Fsp3) is 0.0571. The highest BCUT2D eigenvalue weighted by Crippen LogP contribution is 2.59. The molecule has 1 saturated heterocycles. The summed E-state index contributed by atoms with van der Waals surface area (Å²) in [5, 5.41) is 9.08. The summed E-state index contributed by atoms with van der Waals surface area (Å²) in [6.07, 6.45) is 1.88. The summed E-state index contributed by atoms with van der Waals surface area (Å²) in [4.78, 5) is 30.6. The van der Waals surface area contributed by atoms with Crippen molar-refractivity contribution in [2.45, 2.75) is 4.33 Å². The average Bonchev–Trinajstić information content (AvgIpc) is 3.57. The van der Waals surface area contributed by atoms with Crippen molar-refractivity contribution in [3.8, 4) is 5.75 Å². The van der Waals surface area contributed by atoms with Gasteiger partial charge in [-0.25, -0.2) is 5.01 Å². The maximum absolute atomic E-state index is 14.3. The lowest BCUT2D eigenvalue weighted by molar-refractivity contribution is -0.114. The molecule has 1 spiro atoms. The summed E-state index contributed by atoms with van der Waals surface area (Å²) in [6.45, 7) is 0. The van der Waals surface area contributed by atoms with Crippen LogP contribution in [0.4, 0.5) is 11.4 Å². The van der Waals surface area contributed by atoms with Crippen LogP contribution >= 0.6 is 23.5 Å². The lowest BCUT2D eigenvalue weighted by atomic mass is 10.0. The van der Waals surface area contributed by atoms with Crippen LogP contribution in [0.1, 0.15) is 15.9 Å². The second-order valence-electron chi connectivity index (χ2n) is 9.95. The van der Waals surface area contributed by atoms with Gasteiger partial charge < -0.3 is 4.74 Å². The Balaban J connectivity index is 1.35. The van der Waals surface area contributed by atoms with E-state index in [2.05, 4.69) is 0 Å². The molecule has 5 aromatic rings. The van der Waals surface area contributed by atoms with Crippen molar-refractivity contribution in [1.82, 2.24) is 0 Å². The number of carbonyl (C=O) groups is 2. The molecule has 7 rings (SSSR count). The number of rotatable bonds is 6. The minimum atomic E-state index is -1.11. The zero-order chi connectivity index (χ0) is 29.4. The zero-order valence-corrected chi connectivity index (χ0v) is 24.7. The third kappa shape index (κ3) is 4.88. The minimum absolute atomic E-state index is 0.171. The summed E-state index contributed by atoms with van der Waals surface area (Å²) in [7, 11) is 1.62. The van der Waals surface area contributed by atoms with Crippen LogP contribution in [-0.2, 0) is 4.79 Å². The van der Waals surface area contributed by atoms with Crippen molar-refractivity contribution >= 4 is 68.5 Å². The standard InChI is InChI=1S/C35H25N3O3S2/c1-41-30-20-16-24(17-21-30)22-31-34(40)37(28-12-4-2-5-13-28)35(42-31)38(29-14-6-3-7-15-29)36-33(43-35)32(39)27-19-18-25-10-8-9-11-26(25)23-27/h2-23H,1H3/b31-22-. The number of ketones is 1. The quantitative estimate of drug-likeness (QED) is 0.145. The fourth-order valence-electron chi connectivity index (χ4n) is 5.16. The van der Waals surface area contributed by atoms with E-state index in [0.717, 1.165) is 27.8 Å². The number of Topliss-reactive ketones (excluding diaryl/α,β-unsaturated/α-hetero) is 1. The van der Waals surface area contributed by atoms with Crippen molar-refractivity contribution in [3.05, 3.63) is 143 Å². The summed E-state index contributed by atoms with van der Waals surface area (Å²) >= 11 is 2.68. The van der Waals surface area contributed by atoms with Crippen molar-refractivity contribution in [2.75, 3.05) is 17.0 Å². The largest absolute Gasteiger partial charge is 0.497 e. The van der Waals surface area contributed by atoms with Gasteiger partial charge in [0.2, 0.25) is 10.1 Å². The molecule has 1 atom stereocenters. The topological polar surface area (TPSA) is 62.2 Å². The van der Waals surface area contributed by atoms with Gasteiger partial charge in [-0.3, -0.25) is 14.5 Å². The molecule has 0 radical (unpaired) electrons. The molecule has 2 heterocycles. The van der Waals surface area contributed by atoms with E-state index in [1.807, 2.05) is 133 Å². The first-order valence-electron chi connectivity index (χ1n) is 13.7. The Morgan fingerprint density at radius 2 is 1.42 bits per heavy atom. The highest BCUT2D eigenvalue weighted by molar-refractivity contribution is 8.29. The molecule has 43 heavy (non-hydrogen) atoms. The van der Waals surface area contributed by atoms with Crippen molar-refractivity contribution in [3.63, 3.8) is 0 Å². The van der Waals surface area contributed by atoms with Crippen LogP contribution < -0.4 is 14.6 Å². The molecule has 8 heteroatoms. The van der Waals surface area contributed by atoms with E-state index >= 15 is 0 Å². The number of hydrogen-bond acceptors (Lipinski definition) is 7. The lowest BCUT2D eigenvalue weighted by Crippen LogP contribution is -2.51. The monoisotopic (exact) mass is 599 g/mol. The summed E-state index contributed by atoms with van der Waals surface area (Å²) in [5.74, 6) is 0.374. The molecular weight excluding hydrogens is 575 g/mol. The average molecular weight is 600 g/mol. The van der Waals surface area contributed by atoms with Gasteiger partial charge in [-0.2, -0.15) is 5.10 Å². The van der Waals surface area contributed by atoms with Gasteiger partial charge in [-0.1, -0.05) is 96.7 Å². The summed E-state index contributed by atoms with van der Waals surface area (Å²) in [5.41, 5.74) is 2.89. The van der Waals surface area contributed by atoms with E-state index in [0.29, 0.717) is 21.2 Å². The Labute approximate surface area is 257 Å². The number of amides is 1. The first kappa shape index (κ1) is 27.1. The summed E-state index contributed by atoms with van der Waals surface area (Å²) < 4.78 is 4.20. The smallest absolute Gasteiger partial charge is 0.268 e. The molecule has 0 N–H and O–H groups in total. The third-order valence-electron chi connectivity index (χ3n) is 7.26. The zero-order valence-electron chi connectivity index (χ0n) is 23.1. The van der Waals surface area contributed by atoms with E-state index in [-0.39, 0.29) is 11.7 Å². The summed E-state index contributed by atoms with van der Waals surface area (Å²) in [6, 6.07) is 40.4. The van der Waals surface area contributed by atoms with Gasteiger partial charge >= 0.3 is 0 Å². The number of hydrazone groups is 1. The van der Waals surface area contributed by atoms with E-state index in [1.165, 1.54) is 23.5 Å². The highest BCUT2D eigenvalue weighted by atomic mass is 32.2. The van der Waals surface area contributed by atoms with Crippen LogP contribution in [0.5, 0.6) is 5.75 Å². The third-order valence-corrected chi connectivity index (χ3v) is 9.98. The number of ether oxygens (including phenoxy) is 1. The number of thioether (sulfide) groups is 2. The minimum Gasteiger partial charge on any atom is -0.497 e. The number of carbonyl (C=O) groups excluding carboxylic acids is 2. The number of anilines is 2. The molecule has 5 aromatic carbocycles. The SMILES string of the molecule is COc1ccc(/C=C2\SC3(SC(C(=O)c4ccc5ccccc5c4)=NN3c3ccccc3)N(c3ccccc3)C2=O)cc1. The number of benzene rings is 5. The Hall–Kier alpha value is -4.79. The van der Waals surface area contributed by atoms with Crippen LogP contribution in [0.25, 0.3) is 16.8 Å². The molecule has 0 aliphatic carbocycles. The second-order valence-corrected chi connectivity index (χ2v) is 12.6. The predicted molar refractivity (Wildman–Crippen MR) is 177 cm³/mol. The molecule has 6 nitrogen and oxygen atoms in total. The van der Waals surface area contributed by atoms with Crippen LogP contribution in [0.3, 0.4) is 0 Å². The molecule has 1 unspecified atom stereocenters. The fourth-order valence-corrected chi connectivity index (χ4v) is 8.10. The Bertz CT molecular complexity index is 1910. The maximum atomic E-state index is 14.3. The van der Waals surface area contributed by atoms with Gasteiger partial charge in [0, 0.05) is 11.3 Å². The van der Waals surface area contributed by atoms with Crippen LogP contribution in [0.2, 0.25) is 0 Å². The Morgan fingerprint density at radius 3 is 2.12 bits per heavy atom. The number of para-hydroxylation sites is 2. The van der Waals surface area contributed by atoms with Gasteiger partial charge in [0.15, 0.2) is 5.04 Å². The number of fused-ring (bicyclic) bond motifs is 1. The van der Waals surface area contributed by atoms with E-state index < -0.39 is 4.33 Å². The molecule has 2 aliphatic heterocycles. The number of nitrogens with zero attached hydrogens (tertiary/aromatic N) is 3. The highest BCUT2D eigenvalue weighted by Gasteiger charge is 2.60. The Morgan fingerprint density at radius 1 is 0.767 bits per heavy atom. The van der Waals surface area contributed by atoms with Gasteiger partial charge in [0.1, 0.15) is 5.75 Å². The Kier molecular flexibility index (Phi) is 7.01. The van der Waals surface area contributed by atoms with Gasteiger partial charge in [-0.05, 0) is 76.6 Å². The number of hydrogen-bond donors (Lipinski definition) is 0. The lowest BCUT2D eigenvalue weighted by Gasteiger charge is -2.38. The van der Waals surface area contributed by atoms with Crippen LogP contribution in [0.15, 0.2) is 137 Å². The molecule has 1 amide bonds. The van der Waals surface area contributed by atoms with Gasteiger partial charge in [0.25, 0.3) is 5.91 Å². The molecule has 1 fully saturated rings. The van der Waals surface area contributed by atoms with Gasteiger partial charge in [-0.15, -0.1) is 0 Å². The van der Waals surface area contributed by atoms with Crippen molar-refractivity contribution < 1.29 is 14.3 Å². The van der Waals surface area contributed by atoms with Crippen molar-refractivity contribution in [1.29, 1.82) is 0 Å². The molecule has 210 valence electrons.